The summed E-state index contributed by atoms with van der Waals surface area (Å²) in [5.74, 6) is -1.31. The second-order valence-electron chi connectivity index (χ2n) is 3.17. The Labute approximate surface area is 81.1 Å². The molecule has 0 amide bonds. The number of halogens is 2. The Morgan fingerprint density at radius 1 is 1.14 bits per heavy atom. The minimum atomic E-state index is -0.696. The zero-order valence-electron chi connectivity index (χ0n) is 8.00. The zero-order chi connectivity index (χ0) is 10.7. The second-order valence-corrected chi connectivity index (χ2v) is 3.17. The molecule has 0 bridgehead atoms. The number of hydrogen-bond donors (Lipinski definition) is 1. The monoisotopic (exact) mass is 202 g/mol. The Bertz CT molecular complexity index is 293. The van der Waals surface area contributed by atoms with Crippen LogP contribution in [0.5, 0.6) is 5.75 Å². The van der Waals surface area contributed by atoms with Crippen LogP contribution >= 0.6 is 0 Å². The zero-order valence-corrected chi connectivity index (χ0v) is 8.00. The van der Waals surface area contributed by atoms with Crippen LogP contribution in [0.2, 0.25) is 0 Å². The van der Waals surface area contributed by atoms with Gasteiger partial charge in [-0.3, -0.25) is 0 Å². The molecule has 0 heterocycles. The van der Waals surface area contributed by atoms with Crippen LogP contribution in [0.1, 0.15) is 13.8 Å². The highest BCUT2D eigenvalue weighted by atomic mass is 19.1. The van der Waals surface area contributed by atoms with Crippen LogP contribution < -0.4 is 4.74 Å². The minimum Gasteiger partial charge on any atom is -0.488 e. The highest BCUT2D eigenvalue weighted by Gasteiger charge is 2.11. The van der Waals surface area contributed by atoms with Gasteiger partial charge in [0.25, 0.3) is 0 Å². The van der Waals surface area contributed by atoms with Gasteiger partial charge >= 0.3 is 0 Å². The van der Waals surface area contributed by atoms with Crippen molar-refractivity contribution >= 4 is 0 Å². The minimum absolute atomic E-state index is 0.0795. The molecule has 1 N–H and O–H groups in total. The summed E-state index contributed by atoms with van der Waals surface area (Å²) in [4.78, 5) is 0. The van der Waals surface area contributed by atoms with Crippen molar-refractivity contribution in [3.05, 3.63) is 29.8 Å². The van der Waals surface area contributed by atoms with Crippen molar-refractivity contribution in [1.29, 1.82) is 0 Å². The molecule has 0 aliphatic rings. The Hall–Kier alpha value is -1.16. The summed E-state index contributed by atoms with van der Waals surface area (Å²) in [5, 5.41) is 9.11. The summed E-state index contributed by atoms with van der Waals surface area (Å²) in [7, 11) is 0. The van der Waals surface area contributed by atoms with E-state index in [0.717, 1.165) is 18.2 Å². The SMILES string of the molecule is CC(O)C(C)Oc1cc(F)cc(F)c1. The van der Waals surface area contributed by atoms with E-state index in [-0.39, 0.29) is 5.75 Å². The quantitative estimate of drug-likeness (QED) is 0.813. The van der Waals surface area contributed by atoms with Crippen molar-refractivity contribution in [3.63, 3.8) is 0 Å². The van der Waals surface area contributed by atoms with Gasteiger partial charge in [-0.25, -0.2) is 8.78 Å². The van der Waals surface area contributed by atoms with Crippen LogP contribution in [0.4, 0.5) is 8.78 Å². The molecule has 2 nitrogen and oxygen atoms in total. The number of rotatable bonds is 3. The van der Waals surface area contributed by atoms with Gasteiger partial charge in [0.15, 0.2) is 0 Å². The first-order valence-corrected chi connectivity index (χ1v) is 4.30. The lowest BCUT2D eigenvalue weighted by atomic mass is 10.2. The Balaban J connectivity index is 2.76. The maximum absolute atomic E-state index is 12.7. The fourth-order valence-electron chi connectivity index (χ4n) is 0.910. The topological polar surface area (TPSA) is 29.5 Å². The number of ether oxygens (including phenoxy) is 1. The first kappa shape index (κ1) is 10.9. The maximum atomic E-state index is 12.7. The lowest BCUT2D eigenvalue weighted by molar-refractivity contribution is 0.0600. The third-order valence-electron chi connectivity index (χ3n) is 1.84. The predicted molar refractivity (Wildman–Crippen MR) is 48.1 cm³/mol. The smallest absolute Gasteiger partial charge is 0.129 e. The average molecular weight is 202 g/mol. The molecule has 2 atom stereocenters. The largest absolute Gasteiger partial charge is 0.488 e. The van der Waals surface area contributed by atoms with Gasteiger partial charge in [0, 0.05) is 18.2 Å². The summed E-state index contributed by atoms with van der Waals surface area (Å²) < 4.78 is 30.5. The highest BCUT2D eigenvalue weighted by Crippen LogP contribution is 2.17. The molecule has 0 saturated heterocycles. The number of aliphatic hydroxyl groups excluding tert-OH is 1. The van der Waals surface area contributed by atoms with Gasteiger partial charge in [-0.15, -0.1) is 0 Å². The van der Waals surface area contributed by atoms with E-state index in [0.29, 0.717) is 0 Å². The van der Waals surface area contributed by atoms with Crippen molar-refractivity contribution in [1.82, 2.24) is 0 Å². The summed E-state index contributed by atoms with van der Waals surface area (Å²) in [6.45, 7) is 3.16. The molecule has 2 unspecified atom stereocenters. The fourth-order valence-corrected chi connectivity index (χ4v) is 0.910. The summed E-state index contributed by atoms with van der Waals surface area (Å²) in [6.07, 6.45) is -1.20. The van der Waals surface area contributed by atoms with E-state index in [1.165, 1.54) is 0 Å². The van der Waals surface area contributed by atoms with Crippen molar-refractivity contribution < 1.29 is 18.6 Å². The standard InChI is InChI=1S/C10H12F2O2/c1-6(13)7(2)14-10-4-8(11)3-9(12)5-10/h3-7,13H,1-2H3. The normalized spacial score (nSPS) is 14.9. The summed E-state index contributed by atoms with van der Waals surface area (Å²) in [5.41, 5.74) is 0. The van der Waals surface area contributed by atoms with Crippen LogP contribution in [0.15, 0.2) is 18.2 Å². The van der Waals surface area contributed by atoms with Crippen LogP contribution in [0.3, 0.4) is 0 Å². The van der Waals surface area contributed by atoms with E-state index in [9.17, 15) is 8.78 Å². The molecule has 1 rings (SSSR count). The molecule has 14 heavy (non-hydrogen) atoms. The molecule has 0 aliphatic carbocycles. The van der Waals surface area contributed by atoms with Crippen molar-refractivity contribution in [3.8, 4) is 5.75 Å². The average Bonchev–Trinajstić information content (AvgIpc) is 2.01. The van der Waals surface area contributed by atoms with E-state index in [1.54, 1.807) is 13.8 Å². The van der Waals surface area contributed by atoms with Crippen LogP contribution in [-0.4, -0.2) is 17.3 Å². The molecule has 0 aliphatic heterocycles. The van der Waals surface area contributed by atoms with Crippen molar-refractivity contribution in [2.45, 2.75) is 26.1 Å². The number of hydrogen-bond acceptors (Lipinski definition) is 2. The third-order valence-corrected chi connectivity index (χ3v) is 1.84. The molecule has 0 saturated carbocycles. The molecular formula is C10H12F2O2. The first-order valence-electron chi connectivity index (χ1n) is 4.30. The van der Waals surface area contributed by atoms with E-state index in [4.69, 9.17) is 9.84 Å². The van der Waals surface area contributed by atoms with Gasteiger partial charge in [-0.05, 0) is 13.8 Å². The molecule has 1 aromatic carbocycles. The molecule has 0 radical (unpaired) electrons. The first-order chi connectivity index (χ1) is 6.49. The fraction of sp³-hybridized carbons (Fsp3) is 0.400. The number of benzene rings is 1. The second kappa shape index (κ2) is 4.37. The van der Waals surface area contributed by atoms with Crippen molar-refractivity contribution in [2.24, 2.45) is 0 Å². The van der Waals surface area contributed by atoms with Gasteiger partial charge in [0.2, 0.25) is 0 Å². The number of aliphatic hydroxyl groups is 1. The van der Waals surface area contributed by atoms with Crippen LogP contribution in [0.25, 0.3) is 0 Å². The van der Waals surface area contributed by atoms with Gasteiger partial charge in [0.05, 0.1) is 6.10 Å². The van der Waals surface area contributed by atoms with Gasteiger partial charge < -0.3 is 9.84 Å². The van der Waals surface area contributed by atoms with E-state index < -0.39 is 23.8 Å². The maximum Gasteiger partial charge on any atom is 0.129 e. The molecular weight excluding hydrogens is 190 g/mol. The lowest BCUT2D eigenvalue weighted by Crippen LogP contribution is -2.25. The van der Waals surface area contributed by atoms with E-state index in [1.807, 2.05) is 0 Å². The predicted octanol–water partition coefficient (Wildman–Crippen LogP) is 2.11. The van der Waals surface area contributed by atoms with E-state index >= 15 is 0 Å². The van der Waals surface area contributed by atoms with Crippen molar-refractivity contribution in [2.75, 3.05) is 0 Å². The molecule has 0 aromatic heterocycles. The molecule has 4 heteroatoms. The third kappa shape index (κ3) is 2.96. The Morgan fingerprint density at radius 2 is 1.64 bits per heavy atom. The Morgan fingerprint density at radius 3 is 2.07 bits per heavy atom. The van der Waals surface area contributed by atoms with Gasteiger partial charge in [-0.1, -0.05) is 0 Å². The molecule has 78 valence electrons. The molecule has 1 aromatic rings. The van der Waals surface area contributed by atoms with E-state index in [2.05, 4.69) is 0 Å². The van der Waals surface area contributed by atoms with Gasteiger partial charge in [-0.2, -0.15) is 0 Å². The summed E-state index contributed by atoms with van der Waals surface area (Å²) >= 11 is 0. The summed E-state index contributed by atoms with van der Waals surface area (Å²) in [6, 6.07) is 2.91. The van der Waals surface area contributed by atoms with Crippen LogP contribution in [0, 0.1) is 11.6 Å². The highest BCUT2D eigenvalue weighted by molar-refractivity contribution is 5.24. The molecule has 0 spiro atoms. The molecule has 0 fully saturated rings. The van der Waals surface area contributed by atoms with Crippen LogP contribution in [-0.2, 0) is 0 Å². The lowest BCUT2D eigenvalue weighted by Gasteiger charge is -2.17. The van der Waals surface area contributed by atoms with Gasteiger partial charge in [0.1, 0.15) is 23.5 Å². The Kier molecular flexibility index (Phi) is 3.41.